The highest BCUT2D eigenvalue weighted by Gasteiger charge is 2.41. The fourth-order valence-corrected chi connectivity index (χ4v) is 3.13. The predicted octanol–water partition coefficient (Wildman–Crippen LogP) is 1.06. The highest BCUT2D eigenvalue weighted by Crippen LogP contribution is 2.26. The van der Waals surface area contributed by atoms with E-state index in [9.17, 15) is 22.8 Å². The first-order valence-corrected chi connectivity index (χ1v) is 7.54. The van der Waals surface area contributed by atoms with Gasteiger partial charge in [-0.15, -0.1) is 0 Å². The van der Waals surface area contributed by atoms with E-state index in [2.05, 4.69) is 5.32 Å². The van der Waals surface area contributed by atoms with Gasteiger partial charge in [0, 0.05) is 25.6 Å². The summed E-state index contributed by atoms with van der Waals surface area (Å²) in [6.07, 6.45) is -1.44. The zero-order chi connectivity index (χ0) is 16.3. The zero-order valence-electron chi connectivity index (χ0n) is 12.2. The molecule has 1 atom stereocenters. The van der Waals surface area contributed by atoms with Crippen LogP contribution >= 0.6 is 0 Å². The number of amides is 2. The molecule has 1 unspecified atom stereocenters. The van der Waals surface area contributed by atoms with Crippen LogP contribution in [0.5, 0.6) is 0 Å². The fraction of sp³-hybridized carbons (Fsp3) is 0.857. The number of halogens is 3. The zero-order valence-corrected chi connectivity index (χ0v) is 12.2. The SMILES string of the molecule is O=C(NC1CCC(CO)CC1)C1CC(=O)N(CC(F)(F)F)C1. The molecule has 2 rings (SSSR count). The van der Waals surface area contributed by atoms with E-state index in [1.165, 1.54) is 0 Å². The Kier molecular flexibility index (Phi) is 5.31. The molecule has 2 fully saturated rings. The summed E-state index contributed by atoms with van der Waals surface area (Å²) in [5.74, 6) is -1.40. The molecule has 5 nitrogen and oxygen atoms in total. The maximum atomic E-state index is 12.3. The van der Waals surface area contributed by atoms with Crippen LogP contribution in [0.1, 0.15) is 32.1 Å². The second-order valence-corrected chi connectivity index (χ2v) is 6.20. The first kappa shape index (κ1) is 17.1. The molecule has 0 spiro atoms. The number of aliphatic hydroxyl groups excluding tert-OH is 1. The lowest BCUT2D eigenvalue weighted by molar-refractivity contribution is -0.157. The third-order valence-electron chi connectivity index (χ3n) is 4.41. The molecule has 2 aliphatic rings. The number of likely N-dealkylation sites (tertiary alicyclic amines) is 1. The fourth-order valence-electron chi connectivity index (χ4n) is 3.13. The van der Waals surface area contributed by atoms with E-state index < -0.39 is 24.5 Å². The van der Waals surface area contributed by atoms with Gasteiger partial charge in [0.15, 0.2) is 0 Å². The number of carbonyl (C=O) groups is 2. The summed E-state index contributed by atoms with van der Waals surface area (Å²) in [7, 11) is 0. The van der Waals surface area contributed by atoms with Crippen molar-refractivity contribution in [2.75, 3.05) is 19.7 Å². The molecule has 1 aliphatic carbocycles. The topological polar surface area (TPSA) is 69.6 Å². The maximum Gasteiger partial charge on any atom is 0.406 e. The molecular weight excluding hydrogens is 301 g/mol. The van der Waals surface area contributed by atoms with Gasteiger partial charge in [0.2, 0.25) is 11.8 Å². The molecule has 0 radical (unpaired) electrons. The van der Waals surface area contributed by atoms with Crippen molar-refractivity contribution in [3.63, 3.8) is 0 Å². The van der Waals surface area contributed by atoms with Crippen LogP contribution < -0.4 is 5.32 Å². The van der Waals surface area contributed by atoms with E-state index in [4.69, 9.17) is 5.11 Å². The van der Waals surface area contributed by atoms with Crippen molar-refractivity contribution in [3.05, 3.63) is 0 Å². The standard InChI is InChI=1S/C14H21F3N2O3/c15-14(16,17)8-19-6-10(5-12(19)21)13(22)18-11-3-1-9(7-20)2-4-11/h9-11,20H,1-8H2,(H,18,22). The van der Waals surface area contributed by atoms with Gasteiger partial charge >= 0.3 is 6.18 Å². The molecule has 22 heavy (non-hydrogen) atoms. The minimum atomic E-state index is -4.44. The molecule has 2 amide bonds. The van der Waals surface area contributed by atoms with Gasteiger partial charge in [0.1, 0.15) is 6.54 Å². The lowest BCUT2D eigenvalue weighted by Crippen LogP contribution is -2.42. The first-order chi connectivity index (χ1) is 10.3. The summed E-state index contributed by atoms with van der Waals surface area (Å²) in [6.45, 7) is -1.32. The minimum Gasteiger partial charge on any atom is -0.396 e. The molecule has 8 heteroatoms. The summed E-state index contributed by atoms with van der Waals surface area (Å²) in [6, 6.07) is -0.0120. The van der Waals surface area contributed by atoms with Crippen LogP contribution in [0, 0.1) is 11.8 Å². The summed E-state index contributed by atoms with van der Waals surface area (Å²) < 4.78 is 37.0. The van der Waals surface area contributed by atoms with E-state index in [1.807, 2.05) is 0 Å². The van der Waals surface area contributed by atoms with Gasteiger partial charge in [0.05, 0.1) is 5.92 Å². The van der Waals surface area contributed by atoms with Gasteiger partial charge < -0.3 is 15.3 Å². The van der Waals surface area contributed by atoms with Crippen LogP contribution in [-0.4, -0.2) is 53.7 Å². The van der Waals surface area contributed by atoms with Crippen molar-refractivity contribution >= 4 is 11.8 Å². The Balaban J connectivity index is 1.80. The number of nitrogens with one attached hydrogen (secondary N) is 1. The van der Waals surface area contributed by atoms with Gasteiger partial charge in [-0.25, -0.2) is 0 Å². The second kappa shape index (κ2) is 6.85. The third kappa shape index (κ3) is 4.59. The largest absolute Gasteiger partial charge is 0.406 e. The summed E-state index contributed by atoms with van der Waals surface area (Å²) in [5.41, 5.74) is 0. The Morgan fingerprint density at radius 2 is 1.91 bits per heavy atom. The Morgan fingerprint density at radius 3 is 2.45 bits per heavy atom. The third-order valence-corrected chi connectivity index (χ3v) is 4.41. The Hall–Kier alpha value is -1.31. The Bertz CT molecular complexity index is 420. The molecule has 1 saturated carbocycles. The molecule has 1 saturated heterocycles. The van der Waals surface area contributed by atoms with E-state index in [-0.39, 0.29) is 37.4 Å². The highest BCUT2D eigenvalue weighted by molar-refractivity contribution is 5.89. The molecule has 0 aromatic heterocycles. The van der Waals surface area contributed by atoms with E-state index in [0.29, 0.717) is 4.90 Å². The van der Waals surface area contributed by atoms with Crippen molar-refractivity contribution in [1.82, 2.24) is 10.2 Å². The van der Waals surface area contributed by atoms with Gasteiger partial charge in [-0.3, -0.25) is 9.59 Å². The summed E-state index contributed by atoms with van der Waals surface area (Å²) in [4.78, 5) is 24.4. The van der Waals surface area contributed by atoms with E-state index in [1.54, 1.807) is 0 Å². The van der Waals surface area contributed by atoms with Crippen LogP contribution in [0.15, 0.2) is 0 Å². The predicted molar refractivity (Wildman–Crippen MR) is 71.7 cm³/mol. The number of hydrogen-bond acceptors (Lipinski definition) is 3. The Labute approximate surface area is 126 Å². The molecular formula is C14H21F3N2O3. The molecule has 0 aromatic carbocycles. The minimum absolute atomic E-state index is 0.0120. The van der Waals surface area contributed by atoms with Gasteiger partial charge in [-0.1, -0.05) is 0 Å². The number of nitrogens with zero attached hydrogens (tertiary/aromatic N) is 1. The Morgan fingerprint density at radius 1 is 1.27 bits per heavy atom. The average Bonchev–Trinajstić information content (AvgIpc) is 2.79. The van der Waals surface area contributed by atoms with Crippen molar-refractivity contribution in [1.29, 1.82) is 0 Å². The lowest BCUT2D eigenvalue weighted by atomic mass is 9.86. The van der Waals surface area contributed by atoms with E-state index >= 15 is 0 Å². The van der Waals surface area contributed by atoms with Crippen LogP contribution in [0.2, 0.25) is 0 Å². The first-order valence-electron chi connectivity index (χ1n) is 7.54. The number of aliphatic hydroxyl groups is 1. The van der Waals surface area contributed by atoms with Gasteiger partial charge in [-0.2, -0.15) is 13.2 Å². The van der Waals surface area contributed by atoms with Crippen molar-refractivity contribution < 1.29 is 27.9 Å². The maximum absolute atomic E-state index is 12.3. The average molecular weight is 322 g/mol. The summed E-state index contributed by atoms with van der Waals surface area (Å²) in [5, 5.41) is 11.9. The van der Waals surface area contributed by atoms with Crippen LogP contribution in [-0.2, 0) is 9.59 Å². The summed E-state index contributed by atoms with van der Waals surface area (Å²) >= 11 is 0. The van der Waals surface area contributed by atoms with Crippen LogP contribution in [0.3, 0.4) is 0 Å². The second-order valence-electron chi connectivity index (χ2n) is 6.20. The molecule has 0 bridgehead atoms. The van der Waals surface area contributed by atoms with Crippen LogP contribution in [0.25, 0.3) is 0 Å². The quantitative estimate of drug-likeness (QED) is 0.813. The highest BCUT2D eigenvalue weighted by atomic mass is 19.4. The van der Waals surface area contributed by atoms with Crippen molar-refractivity contribution in [2.24, 2.45) is 11.8 Å². The van der Waals surface area contributed by atoms with Crippen molar-refractivity contribution in [3.8, 4) is 0 Å². The van der Waals surface area contributed by atoms with Crippen molar-refractivity contribution in [2.45, 2.75) is 44.3 Å². The molecule has 126 valence electrons. The number of rotatable bonds is 4. The normalized spacial score (nSPS) is 29.7. The smallest absolute Gasteiger partial charge is 0.396 e. The number of hydrogen-bond donors (Lipinski definition) is 2. The lowest BCUT2D eigenvalue weighted by Gasteiger charge is -2.28. The van der Waals surface area contributed by atoms with E-state index in [0.717, 1.165) is 25.7 Å². The molecule has 2 N–H and O–H groups in total. The number of alkyl halides is 3. The van der Waals surface area contributed by atoms with Gasteiger partial charge in [0.25, 0.3) is 0 Å². The molecule has 0 aromatic rings. The number of carbonyl (C=O) groups excluding carboxylic acids is 2. The molecule has 1 aliphatic heterocycles. The monoisotopic (exact) mass is 322 g/mol. The van der Waals surface area contributed by atoms with Gasteiger partial charge in [-0.05, 0) is 31.6 Å². The molecule has 1 heterocycles. The van der Waals surface area contributed by atoms with Crippen LogP contribution in [0.4, 0.5) is 13.2 Å².